The largest absolute Gasteiger partial charge is 0.391 e. The van der Waals surface area contributed by atoms with Crippen molar-refractivity contribution in [1.82, 2.24) is 4.98 Å². The number of ether oxygens (including phenoxy) is 1. The average Bonchev–Trinajstić information content (AvgIpc) is 2.72. The van der Waals surface area contributed by atoms with E-state index in [9.17, 15) is 0 Å². The topological polar surface area (TPSA) is 45.6 Å². The molecule has 1 saturated heterocycles. The summed E-state index contributed by atoms with van der Waals surface area (Å²) in [5, 5.41) is 10.4. The van der Waals surface area contributed by atoms with Gasteiger partial charge in [-0.2, -0.15) is 0 Å². The first kappa shape index (κ1) is 13.1. The van der Waals surface area contributed by atoms with Crippen molar-refractivity contribution in [3.05, 3.63) is 10.0 Å². The van der Waals surface area contributed by atoms with Crippen molar-refractivity contribution in [2.24, 2.45) is 5.92 Å². The number of aliphatic hydroxyl groups excluding tert-OH is 1. The second-order valence-corrected chi connectivity index (χ2v) is 5.75. The Bertz CT molecular complexity index is 366. The Kier molecular flexibility index (Phi) is 4.62. The lowest BCUT2D eigenvalue weighted by atomic mass is 10.0. The average molecular weight is 277 g/mol. The predicted molar refractivity (Wildman–Crippen MR) is 69.9 cm³/mol. The molecule has 0 aliphatic carbocycles. The molecule has 0 aromatic carbocycles. The van der Waals surface area contributed by atoms with Gasteiger partial charge in [0.15, 0.2) is 5.13 Å². The monoisotopic (exact) mass is 276 g/mol. The number of halogens is 1. The molecule has 1 unspecified atom stereocenters. The van der Waals surface area contributed by atoms with Crippen molar-refractivity contribution >= 4 is 28.1 Å². The predicted octanol–water partition coefficient (Wildman–Crippen LogP) is 2.15. The maximum atomic E-state index is 9.08. The Morgan fingerprint density at radius 2 is 2.47 bits per heavy atom. The molecule has 1 aliphatic heterocycles. The van der Waals surface area contributed by atoms with Gasteiger partial charge in [-0.1, -0.05) is 22.9 Å². The molecule has 6 heteroatoms. The minimum Gasteiger partial charge on any atom is -0.391 e. The second-order valence-electron chi connectivity index (χ2n) is 4.33. The molecule has 1 aromatic rings. The van der Waals surface area contributed by atoms with E-state index in [1.54, 1.807) is 0 Å². The Labute approximate surface area is 110 Å². The van der Waals surface area contributed by atoms with Crippen molar-refractivity contribution in [2.45, 2.75) is 19.4 Å². The molecule has 0 spiro atoms. The van der Waals surface area contributed by atoms with Crippen LogP contribution in [0.3, 0.4) is 0 Å². The van der Waals surface area contributed by atoms with Crippen molar-refractivity contribution < 1.29 is 9.84 Å². The van der Waals surface area contributed by atoms with Crippen LogP contribution in [-0.2, 0) is 11.3 Å². The van der Waals surface area contributed by atoms with E-state index in [1.165, 1.54) is 17.8 Å². The van der Waals surface area contributed by atoms with Gasteiger partial charge >= 0.3 is 0 Å². The van der Waals surface area contributed by atoms with E-state index in [0.717, 1.165) is 36.2 Å². The molecule has 1 N–H and O–H groups in total. The molecular formula is C11H17ClN2O2S. The highest BCUT2D eigenvalue weighted by Crippen LogP contribution is 2.29. The van der Waals surface area contributed by atoms with Gasteiger partial charge in [0, 0.05) is 20.2 Å². The summed E-state index contributed by atoms with van der Waals surface area (Å²) >= 11 is 7.37. The van der Waals surface area contributed by atoms with E-state index in [2.05, 4.69) is 9.88 Å². The van der Waals surface area contributed by atoms with Crippen LogP contribution in [0.2, 0.25) is 5.15 Å². The molecule has 1 atom stereocenters. The van der Waals surface area contributed by atoms with Crippen LogP contribution in [-0.4, -0.2) is 36.9 Å². The molecule has 0 saturated carbocycles. The van der Waals surface area contributed by atoms with Crippen LogP contribution in [0.5, 0.6) is 0 Å². The molecule has 0 bridgehead atoms. The summed E-state index contributed by atoms with van der Waals surface area (Å²) in [6.45, 7) is 2.60. The number of hydrogen-bond donors (Lipinski definition) is 1. The van der Waals surface area contributed by atoms with Crippen LogP contribution in [0, 0.1) is 5.92 Å². The number of hydrogen-bond acceptors (Lipinski definition) is 5. The van der Waals surface area contributed by atoms with Gasteiger partial charge in [-0.3, -0.25) is 0 Å². The first-order valence-corrected chi connectivity index (χ1v) is 6.95. The third kappa shape index (κ3) is 3.31. The fourth-order valence-corrected chi connectivity index (χ4v) is 3.09. The van der Waals surface area contributed by atoms with Gasteiger partial charge in [-0.05, 0) is 18.8 Å². The van der Waals surface area contributed by atoms with Crippen molar-refractivity contribution in [3.63, 3.8) is 0 Å². The lowest BCUT2D eigenvalue weighted by molar-refractivity contribution is 0.0576. The number of aliphatic hydroxyl groups is 1. The third-order valence-corrected chi connectivity index (χ3v) is 4.47. The molecule has 96 valence electrons. The van der Waals surface area contributed by atoms with Gasteiger partial charge < -0.3 is 14.7 Å². The highest BCUT2D eigenvalue weighted by Gasteiger charge is 2.18. The van der Waals surface area contributed by atoms with E-state index in [0.29, 0.717) is 11.1 Å². The van der Waals surface area contributed by atoms with E-state index in [1.807, 2.05) is 7.05 Å². The Hall–Kier alpha value is -0.360. The maximum absolute atomic E-state index is 9.08. The van der Waals surface area contributed by atoms with E-state index in [4.69, 9.17) is 21.4 Å². The second kappa shape index (κ2) is 6.00. The van der Waals surface area contributed by atoms with Crippen molar-refractivity contribution in [1.29, 1.82) is 0 Å². The maximum Gasteiger partial charge on any atom is 0.186 e. The summed E-state index contributed by atoms with van der Waals surface area (Å²) in [5.74, 6) is 0.564. The van der Waals surface area contributed by atoms with Crippen molar-refractivity contribution in [2.75, 3.05) is 31.7 Å². The fraction of sp³-hybridized carbons (Fsp3) is 0.727. The summed E-state index contributed by atoms with van der Waals surface area (Å²) in [5.41, 5.74) is 0. The number of thiazole rings is 1. The Morgan fingerprint density at radius 3 is 3.06 bits per heavy atom. The number of aromatic nitrogens is 1. The molecule has 1 aliphatic rings. The molecule has 2 heterocycles. The summed E-state index contributed by atoms with van der Waals surface area (Å²) in [6, 6.07) is 0. The minimum absolute atomic E-state index is 0.0448. The number of nitrogens with zero attached hydrogens (tertiary/aromatic N) is 2. The standard InChI is InChI=1S/C11H17ClN2O2S/c1-14(5-8-3-2-4-16-7-8)11-13-10(12)9(6-15)17-11/h8,15H,2-7H2,1H3. The number of rotatable bonds is 4. The van der Waals surface area contributed by atoms with Crippen LogP contribution in [0.25, 0.3) is 0 Å². The Morgan fingerprint density at radius 1 is 1.65 bits per heavy atom. The zero-order chi connectivity index (χ0) is 12.3. The normalized spacial score (nSPS) is 20.5. The summed E-state index contributed by atoms with van der Waals surface area (Å²) in [4.78, 5) is 7.08. The summed E-state index contributed by atoms with van der Waals surface area (Å²) < 4.78 is 5.46. The van der Waals surface area contributed by atoms with Crippen LogP contribution >= 0.6 is 22.9 Å². The van der Waals surface area contributed by atoms with Gasteiger partial charge in [0.1, 0.15) is 5.15 Å². The van der Waals surface area contributed by atoms with Crippen LogP contribution in [0.15, 0.2) is 0 Å². The van der Waals surface area contributed by atoms with Crippen molar-refractivity contribution in [3.8, 4) is 0 Å². The molecule has 4 nitrogen and oxygen atoms in total. The van der Waals surface area contributed by atoms with Crippen LogP contribution < -0.4 is 4.90 Å². The lowest BCUT2D eigenvalue weighted by Crippen LogP contribution is -2.30. The quantitative estimate of drug-likeness (QED) is 0.915. The minimum atomic E-state index is -0.0448. The fourth-order valence-electron chi connectivity index (χ4n) is 2.00. The highest BCUT2D eigenvalue weighted by atomic mass is 35.5. The van der Waals surface area contributed by atoms with Gasteiger partial charge in [0.25, 0.3) is 0 Å². The smallest absolute Gasteiger partial charge is 0.186 e. The highest BCUT2D eigenvalue weighted by molar-refractivity contribution is 7.16. The van der Waals surface area contributed by atoms with Gasteiger partial charge in [0.2, 0.25) is 0 Å². The third-order valence-electron chi connectivity index (χ3n) is 2.90. The van der Waals surface area contributed by atoms with Gasteiger partial charge in [-0.15, -0.1) is 0 Å². The zero-order valence-electron chi connectivity index (χ0n) is 9.86. The van der Waals surface area contributed by atoms with E-state index < -0.39 is 0 Å². The molecule has 1 fully saturated rings. The first-order chi connectivity index (χ1) is 8.20. The summed E-state index contributed by atoms with van der Waals surface area (Å²) in [6.07, 6.45) is 2.34. The Balaban J connectivity index is 1.95. The van der Waals surface area contributed by atoms with Gasteiger partial charge in [0.05, 0.1) is 18.1 Å². The van der Waals surface area contributed by atoms with Gasteiger partial charge in [-0.25, -0.2) is 4.98 Å². The zero-order valence-corrected chi connectivity index (χ0v) is 11.4. The summed E-state index contributed by atoms with van der Waals surface area (Å²) in [7, 11) is 2.00. The molecule has 17 heavy (non-hydrogen) atoms. The first-order valence-electron chi connectivity index (χ1n) is 5.75. The number of anilines is 1. The molecule has 1 aromatic heterocycles. The SMILES string of the molecule is CN(CC1CCCOC1)c1nc(Cl)c(CO)s1. The molecule has 0 amide bonds. The molecular weight excluding hydrogens is 260 g/mol. The van der Waals surface area contributed by atoms with E-state index in [-0.39, 0.29) is 6.61 Å². The van der Waals surface area contributed by atoms with Crippen LogP contribution in [0.1, 0.15) is 17.7 Å². The molecule has 0 radical (unpaired) electrons. The van der Waals surface area contributed by atoms with E-state index >= 15 is 0 Å². The van der Waals surface area contributed by atoms with Crippen LogP contribution in [0.4, 0.5) is 5.13 Å². The lowest BCUT2D eigenvalue weighted by Gasteiger charge is -2.26. The molecule has 2 rings (SSSR count).